The van der Waals surface area contributed by atoms with Crippen LogP contribution in [0.1, 0.15) is 22.8 Å². The van der Waals surface area contributed by atoms with Crippen LogP contribution in [-0.2, 0) is 30.8 Å². The highest BCUT2D eigenvalue weighted by atomic mass is 32.2. The van der Waals surface area contributed by atoms with Gasteiger partial charge in [-0.2, -0.15) is 9.30 Å². The van der Waals surface area contributed by atoms with Crippen molar-refractivity contribution in [2.45, 2.75) is 25.3 Å². The molecule has 2 amide bonds. The molecule has 202 valence electrons. The fourth-order valence-electron chi connectivity index (χ4n) is 4.01. The molecule has 0 bridgehead atoms. The van der Waals surface area contributed by atoms with Crippen molar-refractivity contribution in [3.63, 3.8) is 0 Å². The van der Waals surface area contributed by atoms with Crippen LogP contribution in [0.2, 0.25) is 0 Å². The number of hydrogen-bond acceptors (Lipinski definition) is 8. The molecule has 1 saturated heterocycles. The van der Waals surface area contributed by atoms with Crippen LogP contribution in [0.25, 0.3) is 10.2 Å². The minimum absolute atomic E-state index is 0.0386. The summed E-state index contributed by atoms with van der Waals surface area (Å²) in [6.07, 6.45) is -0.460. The number of thiazole rings is 1. The summed E-state index contributed by atoms with van der Waals surface area (Å²) in [4.78, 5) is 42.9. The van der Waals surface area contributed by atoms with Gasteiger partial charge in [0.25, 0.3) is 5.91 Å². The van der Waals surface area contributed by atoms with E-state index in [1.165, 1.54) is 51.9 Å². The SMILES string of the molecule is CCOC(=O)N1CCN(S(=O)(=O)c2ccc(C(=O)N=c3sc4cc(C)ccc4n3CC(=O)OC)cc2)CC1. The number of methoxy groups -OCH3 is 1. The van der Waals surface area contributed by atoms with Crippen molar-refractivity contribution < 1.29 is 32.3 Å². The lowest BCUT2D eigenvalue weighted by Gasteiger charge is -2.33. The molecule has 13 heteroatoms. The molecule has 1 fully saturated rings. The number of sulfonamides is 1. The van der Waals surface area contributed by atoms with Crippen molar-refractivity contribution in [3.05, 3.63) is 58.4 Å². The lowest BCUT2D eigenvalue weighted by molar-refractivity contribution is -0.141. The van der Waals surface area contributed by atoms with E-state index in [4.69, 9.17) is 9.47 Å². The number of nitrogens with zero attached hydrogens (tertiary/aromatic N) is 4. The van der Waals surface area contributed by atoms with E-state index in [0.717, 1.165) is 15.8 Å². The number of fused-ring (bicyclic) bond motifs is 1. The van der Waals surface area contributed by atoms with Gasteiger partial charge in [-0.05, 0) is 55.8 Å². The van der Waals surface area contributed by atoms with Gasteiger partial charge in [0.2, 0.25) is 10.0 Å². The van der Waals surface area contributed by atoms with Gasteiger partial charge in [0.1, 0.15) is 6.54 Å². The molecule has 38 heavy (non-hydrogen) atoms. The second-order valence-corrected chi connectivity index (χ2v) is 11.5. The van der Waals surface area contributed by atoms with Crippen molar-refractivity contribution in [1.82, 2.24) is 13.8 Å². The van der Waals surface area contributed by atoms with Gasteiger partial charge in [-0.15, -0.1) is 0 Å². The molecule has 0 N–H and O–H groups in total. The second kappa shape index (κ2) is 11.5. The number of aryl methyl sites for hydroxylation is 1. The molecule has 2 heterocycles. The maximum atomic E-state index is 13.1. The summed E-state index contributed by atoms with van der Waals surface area (Å²) in [5.74, 6) is -1.05. The van der Waals surface area contributed by atoms with Crippen molar-refractivity contribution >= 4 is 49.5 Å². The van der Waals surface area contributed by atoms with Crippen LogP contribution in [0.15, 0.2) is 52.4 Å². The van der Waals surface area contributed by atoms with Crippen LogP contribution in [0, 0.1) is 6.92 Å². The monoisotopic (exact) mass is 560 g/mol. The van der Waals surface area contributed by atoms with Crippen LogP contribution >= 0.6 is 11.3 Å². The van der Waals surface area contributed by atoms with Crippen LogP contribution in [0.3, 0.4) is 0 Å². The van der Waals surface area contributed by atoms with Crippen molar-refractivity contribution in [3.8, 4) is 0 Å². The first kappa shape index (κ1) is 27.5. The third-order valence-corrected chi connectivity index (χ3v) is 9.01. The maximum Gasteiger partial charge on any atom is 0.409 e. The molecule has 11 nitrogen and oxygen atoms in total. The van der Waals surface area contributed by atoms with E-state index in [2.05, 4.69) is 4.99 Å². The Balaban J connectivity index is 1.55. The average molecular weight is 561 g/mol. The van der Waals surface area contributed by atoms with Gasteiger partial charge < -0.3 is 18.9 Å². The Bertz CT molecular complexity index is 1530. The van der Waals surface area contributed by atoms with Crippen molar-refractivity contribution in [2.24, 2.45) is 4.99 Å². The third kappa shape index (κ3) is 5.79. The number of esters is 1. The van der Waals surface area contributed by atoms with Gasteiger partial charge in [-0.1, -0.05) is 17.4 Å². The summed E-state index contributed by atoms with van der Waals surface area (Å²) < 4.78 is 39.8. The Hall–Kier alpha value is -3.55. The molecule has 1 aromatic heterocycles. The van der Waals surface area contributed by atoms with Gasteiger partial charge in [0, 0.05) is 31.7 Å². The van der Waals surface area contributed by atoms with Crippen LogP contribution < -0.4 is 4.80 Å². The van der Waals surface area contributed by atoms with E-state index < -0.39 is 28.0 Å². The minimum Gasteiger partial charge on any atom is -0.468 e. The van der Waals surface area contributed by atoms with Crippen LogP contribution in [-0.4, -0.2) is 80.1 Å². The average Bonchev–Trinajstić information content (AvgIpc) is 3.24. The number of carbonyl (C=O) groups excluding carboxylic acids is 3. The van der Waals surface area contributed by atoms with E-state index in [1.807, 2.05) is 25.1 Å². The lowest BCUT2D eigenvalue weighted by Crippen LogP contribution is -2.50. The largest absolute Gasteiger partial charge is 0.468 e. The fourth-order valence-corrected chi connectivity index (χ4v) is 6.56. The normalized spacial score (nSPS) is 15.0. The highest BCUT2D eigenvalue weighted by Gasteiger charge is 2.30. The van der Waals surface area contributed by atoms with E-state index in [-0.39, 0.29) is 49.8 Å². The summed E-state index contributed by atoms with van der Waals surface area (Å²) in [7, 11) is -2.52. The van der Waals surface area contributed by atoms with Crippen LogP contribution in [0.5, 0.6) is 0 Å². The molecule has 2 aromatic carbocycles. The molecule has 0 aliphatic carbocycles. The molecule has 0 atom stereocenters. The number of piperazine rings is 1. The van der Waals surface area contributed by atoms with E-state index >= 15 is 0 Å². The zero-order valence-electron chi connectivity index (χ0n) is 21.2. The maximum absolute atomic E-state index is 13.1. The topological polar surface area (TPSA) is 128 Å². The quantitative estimate of drug-likeness (QED) is 0.424. The van der Waals surface area contributed by atoms with Crippen LogP contribution in [0.4, 0.5) is 4.79 Å². The van der Waals surface area contributed by atoms with Gasteiger partial charge in [-0.3, -0.25) is 9.59 Å². The van der Waals surface area contributed by atoms with E-state index in [1.54, 1.807) is 11.5 Å². The number of hydrogen-bond donors (Lipinski definition) is 0. The molecule has 1 aliphatic heterocycles. The second-order valence-electron chi connectivity index (χ2n) is 8.55. The fraction of sp³-hybridized carbons (Fsp3) is 0.360. The number of benzene rings is 2. The Morgan fingerprint density at radius 2 is 1.71 bits per heavy atom. The first-order valence-electron chi connectivity index (χ1n) is 11.9. The zero-order valence-corrected chi connectivity index (χ0v) is 22.9. The summed E-state index contributed by atoms with van der Waals surface area (Å²) >= 11 is 1.27. The molecule has 3 aromatic rings. The number of rotatable bonds is 6. The first-order valence-corrected chi connectivity index (χ1v) is 14.2. The molecule has 0 spiro atoms. The zero-order chi connectivity index (χ0) is 27.4. The van der Waals surface area contributed by atoms with Gasteiger partial charge in [0.15, 0.2) is 4.80 Å². The first-order chi connectivity index (χ1) is 18.1. The predicted octanol–water partition coefficient (Wildman–Crippen LogP) is 2.39. The molecule has 0 saturated carbocycles. The lowest BCUT2D eigenvalue weighted by atomic mass is 10.2. The van der Waals surface area contributed by atoms with Gasteiger partial charge >= 0.3 is 12.1 Å². The summed E-state index contributed by atoms with van der Waals surface area (Å²) in [5, 5.41) is 0. The number of carbonyl (C=O) groups is 3. The molecular formula is C25H28N4O7S2. The number of amides is 2. The molecular weight excluding hydrogens is 532 g/mol. The Labute approximate surface area is 224 Å². The molecule has 1 aliphatic rings. The Morgan fingerprint density at radius 3 is 2.34 bits per heavy atom. The summed E-state index contributed by atoms with van der Waals surface area (Å²) in [6.45, 7) is 4.55. The molecule has 0 unspecified atom stereocenters. The smallest absolute Gasteiger partial charge is 0.409 e. The van der Waals surface area contributed by atoms with E-state index in [0.29, 0.717) is 4.80 Å². The summed E-state index contributed by atoms with van der Waals surface area (Å²) in [5.41, 5.74) is 1.98. The highest BCUT2D eigenvalue weighted by Crippen LogP contribution is 2.21. The molecule has 0 radical (unpaired) electrons. The molecule has 4 rings (SSSR count). The number of aromatic nitrogens is 1. The number of ether oxygens (including phenoxy) is 2. The summed E-state index contributed by atoms with van der Waals surface area (Å²) in [6, 6.07) is 11.3. The Kier molecular flexibility index (Phi) is 8.29. The van der Waals surface area contributed by atoms with Crippen molar-refractivity contribution in [2.75, 3.05) is 39.9 Å². The minimum atomic E-state index is -3.81. The standard InChI is InChI=1S/C25H28N4O7S2/c1-4-36-25(32)27-11-13-28(14-12-27)38(33,34)19-8-6-18(7-9-19)23(31)26-24-29(16-22(30)35-3)20-10-5-17(2)15-21(20)37-24/h5-10,15H,4,11-14,16H2,1-3H3. The predicted molar refractivity (Wildman–Crippen MR) is 140 cm³/mol. The van der Waals surface area contributed by atoms with Crippen molar-refractivity contribution in [1.29, 1.82) is 0 Å². The van der Waals surface area contributed by atoms with Gasteiger partial charge in [-0.25, -0.2) is 13.2 Å². The van der Waals surface area contributed by atoms with Gasteiger partial charge in [0.05, 0.1) is 28.8 Å². The van der Waals surface area contributed by atoms with E-state index in [9.17, 15) is 22.8 Å². The highest BCUT2D eigenvalue weighted by molar-refractivity contribution is 7.89. The Morgan fingerprint density at radius 1 is 1.03 bits per heavy atom. The third-order valence-electron chi connectivity index (χ3n) is 6.05.